The third-order valence-corrected chi connectivity index (χ3v) is 3.60. The van der Waals surface area contributed by atoms with Crippen molar-refractivity contribution in [2.75, 3.05) is 0 Å². The minimum Gasteiger partial charge on any atom is -0.507 e. The summed E-state index contributed by atoms with van der Waals surface area (Å²) in [7, 11) is 0. The summed E-state index contributed by atoms with van der Waals surface area (Å²) in [5.74, 6) is 1.44. The Morgan fingerprint density at radius 1 is 0.941 bits per heavy atom. The molecule has 0 heterocycles. The normalized spacial score (nSPS) is 14.6. The molecule has 1 aromatic carbocycles. The maximum absolute atomic E-state index is 10.4. The van der Waals surface area contributed by atoms with Gasteiger partial charge < -0.3 is 5.11 Å². The van der Waals surface area contributed by atoms with E-state index < -0.39 is 0 Å². The second kappa shape index (κ2) is 6.68. The minimum atomic E-state index is 0.453. The summed E-state index contributed by atoms with van der Waals surface area (Å²) in [6.45, 7) is 8.79. The molecule has 2 atom stereocenters. The SMILES string of the molecule is CCCC(C)c1cccc(C(C)CCC)c1O. The van der Waals surface area contributed by atoms with Crippen molar-refractivity contribution in [1.82, 2.24) is 0 Å². The third-order valence-electron chi connectivity index (χ3n) is 3.60. The Morgan fingerprint density at radius 2 is 1.35 bits per heavy atom. The molecule has 0 saturated carbocycles. The number of phenols is 1. The molecule has 0 aromatic heterocycles. The molecule has 1 heteroatoms. The number of rotatable bonds is 6. The number of phenolic OH excluding ortho intramolecular Hbond substituents is 1. The molecule has 0 bridgehead atoms. The fourth-order valence-electron chi connectivity index (χ4n) is 2.55. The smallest absolute Gasteiger partial charge is 0.122 e. The second-order valence-corrected chi connectivity index (χ2v) is 5.16. The molecule has 0 fully saturated rings. The average Bonchev–Trinajstić information content (AvgIpc) is 2.29. The number of aromatic hydroxyl groups is 1. The van der Waals surface area contributed by atoms with Crippen LogP contribution < -0.4 is 0 Å². The number of hydrogen-bond acceptors (Lipinski definition) is 1. The van der Waals surface area contributed by atoms with E-state index in [2.05, 4.69) is 45.9 Å². The van der Waals surface area contributed by atoms with Gasteiger partial charge in [-0.1, -0.05) is 58.7 Å². The first-order chi connectivity index (χ1) is 8.11. The van der Waals surface area contributed by atoms with Crippen LogP contribution >= 0.6 is 0 Å². The highest BCUT2D eigenvalue weighted by Crippen LogP contribution is 2.36. The lowest BCUT2D eigenvalue weighted by Crippen LogP contribution is -1.99. The van der Waals surface area contributed by atoms with Crippen LogP contribution in [0, 0.1) is 0 Å². The van der Waals surface area contributed by atoms with Crippen LogP contribution in [0.3, 0.4) is 0 Å². The fourth-order valence-corrected chi connectivity index (χ4v) is 2.55. The van der Waals surface area contributed by atoms with Crippen molar-refractivity contribution in [3.8, 4) is 5.75 Å². The molecule has 2 unspecified atom stereocenters. The van der Waals surface area contributed by atoms with Gasteiger partial charge >= 0.3 is 0 Å². The Balaban J connectivity index is 2.98. The van der Waals surface area contributed by atoms with Crippen LogP contribution in [0.25, 0.3) is 0 Å². The first-order valence-electron chi connectivity index (χ1n) is 6.93. The molecule has 1 N–H and O–H groups in total. The predicted molar refractivity (Wildman–Crippen MR) is 74.8 cm³/mol. The van der Waals surface area contributed by atoms with Crippen LogP contribution in [0.2, 0.25) is 0 Å². The molecule has 0 radical (unpaired) electrons. The largest absolute Gasteiger partial charge is 0.507 e. The fraction of sp³-hybridized carbons (Fsp3) is 0.625. The molecule has 0 saturated heterocycles. The van der Waals surface area contributed by atoms with Gasteiger partial charge in [0.25, 0.3) is 0 Å². The molecule has 0 aliphatic carbocycles. The molecule has 0 aliphatic heterocycles. The van der Waals surface area contributed by atoms with E-state index >= 15 is 0 Å². The van der Waals surface area contributed by atoms with Gasteiger partial charge in [0.15, 0.2) is 0 Å². The van der Waals surface area contributed by atoms with Gasteiger partial charge in [0.2, 0.25) is 0 Å². The maximum Gasteiger partial charge on any atom is 0.122 e. The van der Waals surface area contributed by atoms with Gasteiger partial charge in [-0.3, -0.25) is 0 Å². The van der Waals surface area contributed by atoms with Crippen molar-refractivity contribution < 1.29 is 5.11 Å². The monoisotopic (exact) mass is 234 g/mol. The highest BCUT2D eigenvalue weighted by molar-refractivity contribution is 5.43. The Kier molecular flexibility index (Phi) is 5.54. The molecule has 0 spiro atoms. The van der Waals surface area contributed by atoms with Gasteiger partial charge in [-0.2, -0.15) is 0 Å². The quantitative estimate of drug-likeness (QED) is 0.717. The lowest BCUT2D eigenvalue weighted by atomic mass is 9.89. The van der Waals surface area contributed by atoms with Crippen LogP contribution in [-0.2, 0) is 0 Å². The van der Waals surface area contributed by atoms with Gasteiger partial charge in [-0.05, 0) is 35.8 Å². The molecule has 0 amide bonds. The third kappa shape index (κ3) is 3.49. The molecule has 17 heavy (non-hydrogen) atoms. The zero-order valence-corrected chi connectivity index (χ0v) is 11.7. The molecule has 1 nitrogen and oxygen atoms in total. The van der Waals surface area contributed by atoms with Gasteiger partial charge in [0.05, 0.1) is 0 Å². The number of hydrogen-bond donors (Lipinski definition) is 1. The van der Waals surface area contributed by atoms with E-state index in [9.17, 15) is 5.11 Å². The van der Waals surface area contributed by atoms with Crippen molar-refractivity contribution in [3.63, 3.8) is 0 Å². The van der Waals surface area contributed by atoms with E-state index in [1.54, 1.807) is 0 Å². The Morgan fingerprint density at radius 3 is 1.71 bits per heavy atom. The van der Waals surface area contributed by atoms with Crippen molar-refractivity contribution in [2.24, 2.45) is 0 Å². The van der Waals surface area contributed by atoms with E-state index in [4.69, 9.17) is 0 Å². The highest BCUT2D eigenvalue weighted by atomic mass is 16.3. The maximum atomic E-state index is 10.4. The van der Waals surface area contributed by atoms with Crippen LogP contribution in [-0.4, -0.2) is 5.11 Å². The minimum absolute atomic E-state index is 0.453. The summed E-state index contributed by atoms with van der Waals surface area (Å²) in [5.41, 5.74) is 2.24. The first-order valence-corrected chi connectivity index (χ1v) is 6.93. The lowest BCUT2D eigenvalue weighted by Gasteiger charge is -2.18. The van der Waals surface area contributed by atoms with Crippen LogP contribution in [0.1, 0.15) is 76.3 Å². The summed E-state index contributed by atoms with van der Waals surface area (Å²) in [5, 5.41) is 10.4. The topological polar surface area (TPSA) is 20.2 Å². The zero-order chi connectivity index (χ0) is 12.8. The van der Waals surface area contributed by atoms with Gasteiger partial charge in [0, 0.05) is 0 Å². The molecule has 96 valence electrons. The first kappa shape index (κ1) is 14.1. The molecular weight excluding hydrogens is 208 g/mol. The predicted octanol–water partition coefficient (Wildman–Crippen LogP) is 5.20. The molecule has 1 rings (SSSR count). The van der Waals surface area contributed by atoms with E-state index in [0.29, 0.717) is 17.6 Å². The van der Waals surface area contributed by atoms with E-state index in [1.165, 1.54) is 0 Å². The Hall–Kier alpha value is -0.980. The van der Waals surface area contributed by atoms with Gasteiger partial charge in [-0.15, -0.1) is 0 Å². The highest BCUT2D eigenvalue weighted by Gasteiger charge is 2.15. The summed E-state index contributed by atoms with van der Waals surface area (Å²) >= 11 is 0. The number of benzene rings is 1. The van der Waals surface area contributed by atoms with Crippen molar-refractivity contribution in [1.29, 1.82) is 0 Å². The summed E-state index contributed by atoms with van der Waals surface area (Å²) in [6, 6.07) is 6.22. The van der Waals surface area contributed by atoms with Crippen molar-refractivity contribution >= 4 is 0 Å². The summed E-state index contributed by atoms with van der Waals surface area (Å²) in [6.07, 6.45) is 4.60. The van der Waals surface area contributed by atoms with Crippen LogP contribution in [0.4, 0.5) is 0 Å². The van der Waals surface area contributed by atoms with Crippen LogP contribution in [0.5, 0.6) is 5.75 Å². The zero-order valence-electron chi connectivity index (χ0n) is 11.7. The standard InChI is InChI=1S/C16H26O/c1-5-8-12(3)14-10-7-11-15(16(14)17)13(4)9-6-2/h7,10-13,17H,5-6,8-9H2,1-4H3. The molecule has 1 aromatic rings. The van der Waals surface area contributed by atoms with Crippen molar-refractivity contribution in [3.05, 3.63) is 29.3 Å². The molecule has 0 aliphatic rings. The average molecular weight is 234 g/mol. The Labute approximate surface area is 106 Å². The van der Waals surface area contributed by atoms with E-state index in [0.717, 1.165) is 36.8 Å². The van der Waals surface area contributed by atoms with E-state index in [-0.39, 0.29) is 0 Å². The number of para-hydroxylation sites is 1. The van der Waals surface area contributed by atoms with Gasteiger partial charge in [0.1, 0.15) is 5.75 Å². The lowest BCUT2D eigenvalue weighted by molar-refractivity contribution is 0.446. The van der Waals surface area contributed by atoms with Gasteiger partial charge in [-0.25, -0.2) is 0 Å². The Bertz CT molecular complexity index is 313. The van der Waals surface area contributed by atoms with Crippen molar-refractivity contribution in [2.45, 2.75) is 65.2 Å². The van der Waals surface area contributed by atoms with Crippen LogP contribution in [0.15, 0.2) is 18.2 Å². The molecular formula is C16H26O. The van der Waals surface area contributed by atoms with E-state index in [1.807, 2.05) is 0 Å². The summed E-state index contributed by atoms with van der Waals surface area (Å²) < 4.78 is 0. The summed E-state index contributed by atoms with van der Waals surface area (Å²) in [4.78, 5) is 0. The second-order valence-electron chi connectivity index (χ2n) is 5.16.